The summed E-state index contributed by atoms with van der Waals surface area (Å²) in [6.07, 6.45) is 5.95. The van der Waals surface area contributed by atoms with E-state index in [1.807, 2.05) is 61.5 Å². The van der Waals surface area contributed by atoms with E-state index < -0.39 is 5.60 Å². The molecule has 10 nitrogen and oxygen atoms in total. The van der Waals surface area contributed by atoms with Crippen LogP contribution in [0.4, 0.5) is 11.6 Å². The van der Waals surface area contributed by atoms with Crippen molar-refractivity contribution in [1.29, 1.82) is 0 Å². The second-order valence-corrected chi connectivity index (χ2v) is 10.3. The Balaban J connectivity index is 1.13. The molecule has 1 saturated carbocycles. The van der Waals surface area contributed by atoms with E-state index in [1.165, 1.54) is 0 Å². The summed E-state index contributed by atoms with van der Waals surface area (Å²) < 4.78 is 10.8. The van der Waals surface area contributed by atoms with Crippen molar-refractivity contribution in [2.45, 2.75) is 50.7 Å². The minimum absolute atomic E-state index is 0.0905. The number of nitrogens with zero attached hydrogens (tertiary/aromatic N) is 4. The van der Waals surface area contributed by atoms with Crippen LogP contribution in [-0.4, -0.2) is 43.9 Å². The number of hydrogen-bond acceptors (Lipinski definition) is 8. The number of fused-ring (bicyclic) bond motifs is 1. The third kappa shape index (κ3) is 5.17. The number of ether oxygens (including phenoxy) is 1. The monoisotopic (exact) mass is 537 g/mol. The molecule has 204 valence electrons. The number of aromatic nitrogens is 5. The highest BCUT2D eigenvalue weighted by atomic mass is 16.5. The molecule has 3 aromatic heterocycles. The van der Waals surface area contributed by atoms with E-state index in [2.05, 4.69) is 26.0 Å². The summed E-state index contributed by atoms with van der Waals surface area (Å²) >= 11 is 0. The number of H-pyrrole nitrogens is 1. The number of aromatic amines is 1. The summed E-state index contributed by atoms with van der Waals surface area (Å²) in [7, 11) is 1.62. The fourth-order valence-corrected chi connectivity index (χ4v) is 5.35. The van der Waals surface area contributed by atoms with Crippen LogP contribution in [0.15, 0.2) is 71.6 Å². The Labute approximate surface area is 231 Å². The molecule has 2 aromatic carbocycles. The Bertz CT molecular complexity index is 1600. The van der Waals surface area contributed by atoms with Crippen molar-refractivity contribution in [2.75, 3.05) is 12.4 Å². The molecule has 1 fully saturated rings. The van der Waals surface area contributed by atoms with Gasteiger partial charge in [-0.15, -0.1) is 0 Å². The van der Waals surface area contributed by atoms with E-state index in [1.54, 1.807) is 19.6 Å². The molecule has 0 bridgehead atoms. The third-order valence-electron chi connectivity index (χ3n) is 7.71. The highest BCUT2D eigenvalue weighted by molar-refractivity contribution is 5.90. The van der Waals surface area contributed by atoms with Crippen molar-refractivity contribution < 1.29 is 14.1 Å². The van der Waals surface area contributed by atoms with E-state index in [0.717, 1.165) is 57.8 Å². The summed E-state index contributed by atoms with van der Waals surface area (Å²) in [6, 6.07) is 17.9. The first-order valence-corrected chi connectivity index (χ1v) is 13.4. The van der Waals surface area contributed by atoms with Crippen LogP contribution in [0, 0.1) is 6.92 Å². The number of para-hydroxylation sites is 1. The molecular weight excluding hydrogens is 506 g/mol. The molecule has 5 aromatic rings. The number of nitrogens with one attached hydrogen (secondary N) is 3. The molecule has 3 heterocycles. The third-order valence-corrected chi connectivity index (χ3v) is 7.71. The number of anilines is 2. The van der Waals surface area contributed by atoms with Gasteiger partial charge in [-0.3, -0.25) is 9.89 Å². The predicted octanol–water partition coefficient (Wildman–Crippen LogP) is 5.42. The summed E-state index contributed by atoms with van der Waals surface area (Å²) in [5, 5.41) is 18.4. The number of amides is 1. The zero-order chi connectivity index (χ0) is 27.5. The zero-order valence-electron chi connectivity index (χ0n) is 22.5. The minimum Gasteiger partial charge on any atom is -0.368 e. The van der Waals surface area contributed by atoms with Crippen molar-refractivity contribution in [2.24, 2.45) is 0 Å². The second-order valence-electron chi connectivity index (χ2n) is 10.3. The SMILES string of the molecule is COC1(C(=O)NCc2ccc(-c3cnoc3)cc2)CCC(c2nc(Nc3cc(C)[nH]n3)c3ccccc3n2)CC1. The largest absolute Gasteiger partial charge is 0.368 e. The summed E-state index contributed by atoms with van der Waals surface area (Å²) in [6.45, 7) is 2.38. The van der Waals surface area contributed by atoms with Gasteiger partial charge < -0.3 is 19.9 Å². The molecule has 1 amide bonds. The number of methoxy groups -OCH3 is 1. The molecule has 0 spiro atoms. The minimum atomic E-state index is -0.872. The van der Waals surface area contributed by atoms with Crippen molar-refractivity contribution in [3.8, 4) is 11.1 Å². The van der Waals surface area contributed by atoms with E-state index in [0.29, 0.717) is 25.2 Å². The number of carbonyl (C=O) groups is 1. The fourth-order valence-electron chi connectivity index (χ4n) is 5.35. The van der Waals surface area contributed by atoms with Gasteiger partial charge in [-0.1, -0.05) is 41.6 Å². The van der Waals surface area contributed by atoms with Crippen molar-refractivity contribution in [3.05, 3.63) is 84.1 Å². The Morgan fingerprint density at radius 2 is 1.90 bits per heavy atom. The molecule has 0 atom stereocenters. The average molecular weight is 538 g/mol. The molecule has 0 aliphatic heterocycles. The van der Waals surface area contributed by atoms with Crippen LogP contribution in [0.1, 0.15) is 48.7 Å². The maximum absolute atomic E-state index is 13.3. The topological polar surface area (TPSA) is 131 Å². The Morgan fingerprint density at radius 1 is 1.10 bits per heavy atom. The van der Waals surface area contributed by atoms with Gasteiger partial charge in [0.25, 0.3) is 5.91 Å². The smallest absolute Gasteiger partial charge is 0.252 e. The molecule has 0 unspecified atom stereocenters. The maximum Gasteiger partial charge on any atom is 0.252 e. The maximum atomic E-state index is 13.3. The van der Waals surface area contributed by atoms with Crippen LogP contribution >= 0.6 is 0 Å². The first-order chi connectivity index (χ1) is 19.5. The number of benzene rings is 2. The predicted molar refractivity (Wildman–Crippen MR) is 151 cm³/mol. The summed E-state index contributed by atoms with van der Waals surface area (Å²) in [4.78, 5) is 23.2. The van der Waals surface area contributed by atoms with E-state index in [4.69, 9.17) is 19.2 Å². The van der Waals surface area contributed by atoms with Crippen molar-refractivity contribution >= 4 is 28.4 Å². The highest BCUT2D eigenvalue weighted by Gasteiger charge is 2.43. The standard InChI is InChI=1S/C30H31N7O3/c1-19-15-26(37-36-19)34-28-24-5-3-4-6-25(24)33-27(35-28)22-11-13-30(39-2,14-12-22)29(38)31-16-20-7-9-21(10-8-20)23-17-32-40-18-23/h3-10,15,17-18,22H,11-14,16H2,1-2H3,(H,31,38)(H2,33,34,35,36,37). The summed E-state index contributed by atoms with van der Waals surface area (Å²) in [5.74, 6) is 2.23. The van der Waals surface area contributed by atoms with Crippen LogP contribution in [0.25, 0.3) is 22.0 Å². The van der Waals surface area contributed by atoms with Crippen LogP contribution < -0.4 is 10.6 Å². The average Bonchev–Trinajstić information content (AvgIpc) is 3.68. The van der Waals surface area contributed by atoms with Crippen LogP contribution in [0.2, 0.25) is 0 Å². The molecular formula is C30H31N7O3. The van der Waals surface area contributed by atoms with Gasteiger partial charge in [-0.25, -0.2) is 9.97 Å². The van der Waals surface area contributed by atoms with Gasteiger partial charge in [0.05, 0.1) is 11.7 Å². The molecule has 0 radical (unpaired) electrons. The van der Waals surface area contributed by atoms with Gasteiger partial charge in [-0.05, 0) is 55.9 Å². The van der Waals surface area contributed by atoms with Crippen LogP contribution in [0.3, 0.4) is 0 Å². The number of hydrogen-bond donors (Lipinski definition) is 3. The van der Waals surface area contributed by atoms with Gasteiger partial charge in [-0.2, -0.15) is 5.10 Å². The van der Waals surface area contributed by atoms with Crippen molar-refractivity contribution in [3.63, 3.8) is 0 Å². The van der Waals surface area contributed by atoms with Gasteiger partial charge in [0, 0.05) is 42.3 Å². The zero-order valence-corrected chi connectivity index (χ0v) is 22.5. The van der Waals surface area contributed by atoms with Gasteiger partial charge in [0.1, 0.15) is 23.5 Å². The number of aryl methyl sites for hydroxylation is 1. The van der Waals surface area contributed by atoms with E-state index in [9.17, 15) is 4.79 Å². The number of rotatable bonds is 8. The normalized spacial score (nSPS) is 19.0. The van der Waals surface area contributed by atoms with Gasteiger partial charge >= 0.3 is 0 Å². The first kappa shape index (κ1) is 25.7. The lowest BCUT2D eigenvalue weighted by molar-refractivity contribution is -0.148. The fraction of sp³-hybridized carbons (Fsp3) is 0.300. The molecule has 40 heavy (non-hydrogen) atoms. The first-order valence-electron chi connectivity index (χ1n) is 13.4. The lowest BCUT2D eigenvalue weighted by Crippen LogP contribution is -2.50. The highest BCUT2D eigenvalue weighted by Crippen LogP contribution is 2.40. The Morgan fingerprint density at radius 3 is 2.60 bits per heavy atom. The quantitative estimate of drug-likeness (QED) is 0.239. The van der Waals surface area contributed by atoms with Gasteiger partial charge in [0.15, 0.2) is 5.82 Å². The molecule has 1 aliphatic carbocycles. The van der Waals surface area contributed by atoms with Crippen LogP contribution in [-0.2, 0) is 16.1 Å². The van der Waals surface area contributed by atoms with Gasteiger partial charge in [0.2, 0.25) is 0 Å². The summed E-state index contributed by atoms with van der Waals surface area (Å²) in [5.41, 5.74) is 3.90. The van der Waals surface area contributed by atoms with Crippen molar-refractivity contribution in [1.82, 2.24) is 30.6 Å². The molecule has 10 heteroatoms. The lowest BCUT2D eigenvalue weighted by Gasteiger charge is -2.37. The molecule has 0 saturated heterocycles. The van der Waals surface area contributed by atoms with Crippen LogP contribution in [0.5, 0.6) is 0 Å². The lowest BCUT2D eigenvalue weighted by atomic mass is 9.77. The Hall–Kier alpha value is -4.57. The van der Waals surface area contributed by atoms with E-state index in [-0.39, 0.29) is 11.8 Å². The molecule has 3 N–H and O–H groups in total. The molecule has 1 aliphatic rings. The molecule has 6 rings (SSSR count). The second kappa shape index (κ2) is 10.9. The Kier molecular flexibility index (Phi) is 7.00. The van der Waals surface area contributed by atoms with E-state index >= 15 is 0 Å². The number of carbonyl (C=O) groups excluding carboxylic acids is 1.